The van der Waals surface area contributed by atoms with E-state index >= 15 is 0 Å². The number of fused-ring (bicyclic) bond motifs is 1. The van der Waals surface area contributed by atoms with Crippen LogP contribution in [0.4, 0.5) is 5.69 Å². The lowest BCUT2D eigenvalue weighted by atomic mass is 9.62. The first-order valence-electron chi connectivity index (χ1n) is 15.7. The SMILES string of the molecule is C=CCCCOC(=O)[C@H]1[C@H]2C(=O)N([C@@H](CO)Cc3ccccc3)C(C(=O)N(CC=C)c3ccc(OC)cc3)C23CC(C)[C@]1(C)O3. The van der Waals surface area contributed by atoms with Crippen molar-refractivity contribution in [2.75, 3.05) is 31.8 Å². The molecule has 2 aromatic carbocycles. The van der Waals surface area contributed by atoms with Crippen molar-refractivity contribution in [2.45, 2.75) is 62.8 Å². The van der Waals surface area contributed by atoms with Gasteiger partial charge in [0.2, 0.25) is 5.91 Å². The summed E-state index contributed by atoms with van der Waals surface area (Å²) >= 11 is 0. The lowest BCUT2D eigenvalue weighted by Crippen LogP contribution is -2.59. The molecule has 1 spiro atoms. The molecule has 3 aliphatic heterocycles. The summed E-state index contributed by atoms with van der Waals surface area (Å²) in [6.45, 7) is 11.5. The fourth-order valence-corrected chi connectivity index (χ4v) is 7.70. The number of rotatable bonds is 14. The summed E-state index contributed by atoms with van der Waals surface area (Å²) < 4.78 is 17.9. The third-order valence-electron chi connectivity index (χ3n) is 9.92. The highest BCUT2D eigenvalue weighted by atomic mass is 16.6. The number of hydrogen-bond acceptors (Lipinski definition) is 7. The zero-order valence-electron chi connectivity index (χ0n) is 26.4. The quantitative estimate of drug-likeness (QED) is 0.191. The molecule has 0 aliphatic carbocycles. The molecule has 2 aromatic rings. The van der Waals surface area contributed by atoms with Gasteiger partial charge in [0.1, 0.15) is 23.3 Å². The predicted molar refractivity (Wildman–Crippen MR) is 171 cm³/mol. The number of unbranched alkanes of at least 4 members (excludes halogenated alkanes) is 1. The molecule has 3 saturated heterocycles. The van der Waals surface area contributed by atoms with Gasteiger partial charge in [-0.25, -0.2) is 0 Å². The molecule has 9 nitrogen and oxygen atoms in total. The number of aliphatic hydroxyl groups excluding tert-OH is 1. The van der Waals surface area contributed by atoms with Crippen LogP contribution in [0.5, 0.6) is 5.75 Å². The standard InChI is InChI=1S/C36H44N2O7/c1-6-8-12-20-44-34(42)30-29-32(40)38(27(23-39)21-25-13-10-9-11-14-25)31(36(29)22-24(3)35(30,4)45-36)33(41)37(19-7-2)26-15-17-28(43-5)18-16-26/h6-7,9-11,13-18,24,27,29-31,39H,1-2,8,12,19-23H2,3-5H3/t24?,27-,29+,30-,31?,35+,36?/m1/s1. The second-order valence-corrected chi connectivity index (χ2v) is 12.5. The molecule has 3 aliphatic rings. The lowest BCUT2D eigenvalue weighted by Gasteiger charge is -2.39. The molecule has 9 heteroatoms. The van der Waals surface area contributed by atoms with Crippen LogP contribution in [0.25, 0.3) is 0 Å². The number of nitrogens with zero attached hydrogens (tertiary/aromatic N) is 2. The van der Waals surface area contributed by atoms with E-state index < -0.39 is 41.1 Å². The molecule has 0 saturated carbocycles. The minimum atomic E-state index is -1.29. The number of allylic oxidation sites excluding steroid dienone is 1. The number of carbonyl (C=O) groups is 3. The van der Waals surface area contributed by atoms with Crippen LogP contribution in [-0.2, 0) is 30.3 Å². The Morgan fingerprint density at radius 3 is 2.49 bits per heavy atom. The highest BCUT2D eigenvalue weighted by Crippen LogP contribution is 2.65. The Morgan fingerprint density at radius 1 is 1.16 bits per heavy atom. The summed E-state index contributed by atoms with van der Waals surface area (Å²) in [6.07, 6.45) is 5.44. The Labute approximate surface area is 265 Å². The average Bonchev–Trinajstić information content (AvgIpc) is 3.57. The fourth-order valence-electron chi connectivity index (χ4n) is 7.70. The molecule has 0 aromatic heterocycles. The van der Waals surface area contributed by atoms with E-state index in [1.165, 1.54) is 4.90 Å². The van der Waals surface area contributed by atoms with Crippen molar-refractivity contribution in [3.05, 3.63) is 85.5 Å². The summed E-state index contributed by atoms with van der Waals surface area (Å²) in [7, 11) is 1.57. The van der Waals surface area contributed by atoms with Gasteiger partial charge in [-0.05, 0) is 68.4 Å². The third-order valence-corrected chi connectivity index (χ3v) is 9.92. The van der Waals surface area contributed by atoms with Gasteiger partial charge in [0, 0.05) is 12.2 Å². The van der Waals surface area contributed by atoms with E-state index in [1.54, 1.807) is 48.4 Å². The number of ether oxygens (including phenoxy) is 3. The summed E-state index contributed by atoms with van der Waals surface area (Å²) in [5, 5.41) is 10.8. The molecule has 1 N–H and O–H groups in total. The maximum absolute atomic E-state index is 14.9. The lowest BCUT2D eigenvalue weighted by molar-refractivity contribution is -0.162. The minimum absolute atomic E-state index is 0.141. The topological polar surface area (TPSA) is 106 Å². The van der Waals surface area contributed by atoms with Crippen molar-refractivity contribution < 1.29 is 33.7 Å². The van der Waals surface area contributed by atoms with Gasteiger partial charge in [0.15, 0.2) is 0 Å². The van der Waals surface area contributed by atoms with E-state index in [1.807, 2.05) is 44.2 Å². The van der Waals surface area contributed by atoms with Crippen molar-refractivity contribution >= 4 is 23.5 Å². The van der Waals surface area contributed by atoms with Crippen molar-refractivity contribution in [1.82, 2.24) is 4.90 Å². The second kappa shape index (κ2) is 13.2. The van der Waals surface area contributed by atoms with Gasteiger partial charge in [-0.1, -0.05) is 49.4 Å². The molecule has 45 heavy (non-hydrogen) atoms. The molecule has 3 unspecified atom stereocenters. The van der Waals surface area contributed by atoms with E-state index in [9.17, 15) is 19.5 Å². The number of aliphatic hydroxyl groups is 1. The highest BCUT2D eigenvalue weighted by molar-refractivity contribution is 6.05. The number of hydrogen-bond donors (Lipinski definition) is 1. The van der Waals surface area contributed by atoms with Gasteiger partial charge in [-0.15, -0.1) is 13.2 Å². The van der Waals surface area contributed by atoms with Gasteiger partial charge in [-0.3, -0.25) is 14.4 Å². The van der Waals surface area contributed by atoms with Gasteiger partial charge in [0.05, 0.1) is 37.9 Å². The van der Waals surface area contributed by atoms with E-state index in [2.05, 4.69) is 13.2 Å². The number of esters is 1. The first-order valence-corrected chi connectivity index (χ1v) is 15.7. The zero-order chi connectivity index (χ0) is 32.4. The van der Waals surface area contributed by atoms with Gasteiger partial charge >= 0.3 is 5.97 Å². The largest absolute Gasteiger partial charge is 0.497 e. The van der Waals surface area contributed by atoms with Crippen LogP contribution in [0.15, 0.2) is 79.9 Å². The van der Waals surface area contributed by atoms with Crippen molar-refractivity contribution in [3.8, 4) is 5.75 Å². The molecule has 2 amide bonds. The van der Waals surface area contributed by atoms with Crippen LogP contribution in [0.1, 0.15) is 38.7 Å². The molecule has 3 fully saturated rings. The van der Waals surface area contributed by atoms with Crippen LogP contribution in [0.2, 0.25) is 0 Å². The minimum Gasteiger partial charge on any atom is -0.497 e. The van der Waals surface area contributed by atoms with E-state index in [4.69, 9.17) is 14.2 Å². The summed E-state index contributed by atoms with van der Waals surface area (Å²) in [5.74, 6) is -2.58. The van der Waals surface area contributed by atoms with Crippen molar-refractivity contribution in [1.29, 1.82) is 0 Å². The van der Waals surface area contributed by atoms with Crippen molar-refractivity contribution in [2.24, 2.45) is 17.8 Å². The van der Waals surface area contributed by atoms with Gasteiger partial charge in [-0.2, -0.15) is 0 Å². The Bertz CT molecular complexity index is 1410. The summed E-state index contributed by atoms with van der Waals surface area (Å²) in [6, 6.07) is 14.8. The fraction of sp³-hybridized carbons (Fsp3) is 0.472. The van der Waals surface area contributed by atoms with Crippen LogP contribution in [0.3, 0.4) is 0 Å². The Kier molecular flexibility index (Phi) is 9.51. The molecular weight excluding hydrogens is 572 g/mol. The number of methoxy groups -OCH3 is 1. The maximum atomic E-state index is 14.9. The van der Waals surface area contributed by atoms with Crippen LogP contribution in [0, 0.1) is 17.8 Å². The van der Waals surface area contributed by atoms with Crippen LogP contribution < -0.4 is 9.64 Å². The predicted octanol–water partition coefficient (Wildman–Crippen LogP) is 4.34. The monoisotopic (exact) mass is 616 g/mol. The maximum Gasteiger partial charge on any atom is 0.312 e. The summed E-state index contributed by atoms with van der Waals surface area (Å²) in [5.41, 5.74) is -0.783. The third kappa shape index (κ3) is 5.57. The first-order chi connectivity index (χ1) is 21.7. The molecule has 3 heterocycles. The Balaban J connectivity index is 1.60. The molecule has 5 rings (SSSR count). The highest BCUT2D eigenvalue weighted by Gasteiger charge is 2.80. The molecule has 7 atom stereocenters. The number of anilines is 1. The number of amides is 2. The van der Waals surface area contributed by atoms with Gasteiger partial charge < -0.3 is 29.1 Å². The number of likely N-dealkylation sites (tertiary alicyclic amines) is 1. The molecular formula is C36H44N2O7. The molecule has 0 radical (unpaired) electrons. The Hall–Kier alpha value is -3.95. The smallest absolute Gasteiger partial charge is 0.312 e. The van der Waals surface area contributed by atoms with Crippen molar-refractivity contribution in [3.63, 3.8) is 0 Å². The van der Waals surface area contributed by atoms with E-state index in [0.29, 0.717) is 37.1 Å². The first kappa shape index (κ1) is 32.4. The second-order valence-electron chi connectivity index (χ2n) is 12.5. The summed E-state index contributed by atoms with van der Waals surface area (Å²) in [4.78, 5) is 46.6. The zero-order valence-corrected chi connectivity index (χ0v) is 26.4. The van der Waals surface area contributed by atoms with Gasteiger partial charge in [0.25, 0.3) is 5.91 Å². The normalized spacial score (nSPS) is 28.8. The number of carbonyl (C=O) groups excluding carboxylic acids is 3. The Morgan fingerprint density at radius 2 is 1.87 bits per heavy atom. The molecule has 2 bridgehead atoms. The molecule has 240 valence electrons. The van der Waals surface area contributed by atoms with Crippen LogP contribution >= 0.6 is 0 Å². The van der Waals surface area contributed by atoms with E-state index in [-0.39, 0.29) is 37.5 Å². The number of benzene rings is 2. The average molecular weight is 617 g/mol. The van der Waals surface area contributed by atoms with Crippen LogP contribution in [-0.4, -0.2) is 77.9 Å². The van der Waals surface area contributed by atoms with E-state index in [0.717, 1.165) is 5.56 Å².